The largest absolute Gasteiger partial charge is 0.490 e. The normalized spacial score (nSPS) is 15.2. The van der Waals surface area contributed by atoms with Crippen LogP contribution in [0.3, 0.4) is 0 Å². The molecule has 0 saturated carbocycles. The van der Waals surface area contributed by atoms with Crippen LogP contribution < -0.4 is 31.0 Å². The van der Waals surface area contributed by atoms with Gasteiger partial charge >= 0.3 is 0 Å². The number of nitrogen functional groups attached to an aromatic ring is 1. The number of para-hydroxylation sites is 1. The van der Waals surface area contributed by atoms with Gasteiger partial charge in [-0.25, -0.2) is 0 Å². The highest BCUT2D eigenvalue weighted by atomic mass is 16.5. The number of anilines is 2. The van der Waals surface area contributed by atoms with E-state index in [-0.39, 0.29) is 23.9 Å². The second kappa shape index (κ2) is 11.2. The van der Waals surface area contributed by atoms with Crippen LogP contribution in [0, 0.1) is 5.41 Å². The zero-order valence-electron chi connectivity index (χ0n) is 21.7. The Morgan fingerprint density at radius 2 is 1.84 bits per heavy atom. The molecule has 0 saturated heterocycles. The summed E-state index contributed by atoms with van der Waals surface area (Å²) in [6.45, 7) is 8.39. The third-order valence-corrected chi connectivity index (χ3v) is 6.17. The summed E-state index contributed by atoms with van der Waals surface area (Å²) in [5.41, 5.74) is 13.0. The van der Waals surface area contributed by atoms with Gasteiger partial charge in [-0.1, -0.05) is 24.3 Å². The number of hydrogen-bond donors (Lipinski definition) is 4. The van der Waals surface area contributed by atoms with Crippen LogP contribution in [-0.4, -0.2) is 30.5 Å². The van der Waals surface area contributed by atoms with E-state index in [2.05, 4.69) is 23.7 Å². The smallest absolute Gasteiger partial charge is 0.265 e. The first-order valence-electron chi connectivity index (χ1n) is 12.6. The maximum Gasteiger partial charge on any atom is 0.265 e. The Hall–Kier alpha value is -4.20. The number of hydrogen-bond acceptors (Lipinski definition) is 6. The van der Waals surface area contributed by atoms with Crippen molar-refractivity contribution < 1.29 is 14.3 Å². The zero-order chi connectivity index (χ0) is 26.5. The van der Waals surface area contributed by atoms with Crippen LogP contribution >= 0.6 is 0 Å². The summed E-state index contributed by atoms with van der Waals surface area (Å²) in [6.07, 6.45) is 0.843. The van der Waals surface area contributed by atoms with Gasteiger partial charge in [-0.3, -0.25) is 20.6 Å². The molecule has 5 N–H and O–H groups in total. The Kier molecular flexibility index (Phi) is 7.86. The van der Waals surface area contributed by atoms with Crippen LogP contribution in [0.4, 0.5) is 11.4 Å². The van der Waals surface area contributed by atoms with E-state index in [0.717, 1.165) is 23.4 Å². The second-order valence-electron chi connectivity index (χ2n) is 9.40. The Morgan fingerprint density at radius 3 is 2.51 bits per heavy atom. The van der Waals surface area contributed by atoms with Crippen molar-refractivity contribution in [2.24, 2.45) is 5.73 Å². The number of rotatable bonds is 10. The summed E-state index contributed by atoms with van der Waals surface area (Å²) in [6, 6.07) is 20.2. The molecular weight excluding hydrogens is 466 g/mol. The lowest BCUT2D eigenvalue weighted by molar-refractivity contribution is -0.122. The van der Waals surface area contributed by atoms with Gasteiger partial charge in [0.1, 0.15) is 11.9 Å². The SMILES string of the molecule is CCOc1cc(C(Nc2ccc(C(=N)N)cc2)C(=O)NN2c3ccccc3CC2C)ccc1OC(C)C. The molecule has 1 amide bonds. The molecule has 37 heavy (non-hydrogen) atoms. The molecule has 2 atom stereocenters. The van der Waals surface area contributed by atoms with E-state index in [1.165, 1.54) is 5.56 Å². The van der Waals surface area contributed by atoms with E-state index in [9.17, 15) is 4.79 Å². The molecule has 1 aliphatic heterocycles. The van der Waals surface area contributed by atoms with Crippen molar-refractivity contribution in [1.29, 1.82) is 5.41 Å². The van der Waals surface area contributed by atoms with E-state index < -0.39 is 6.04 Å². The lowest BCUT2D eigenvalue weighted by atomic mass is 10.0. The lowest BCUT2D eigenvalue weighted by Crippen LogP contribution is -2.48. The molecule has 3 aromatic carbocycles. The molecule has 0 bridgehead atoms. The molecule has 8 heteroatoms. The summed E-state index contributed by atoms with van der Waals surface area (Å²) < 4.78 is 11.8. The number of amides is 1. The van der Waals surface area contributed by atoms with Gasteiger partial charge in [0, 0.05) is 11.3 Å². The maximum atomic E-state index is 13.8. The quantitative estimate of drug-likeness (QED) is 0.235. The monoisotopic (exact) mass is 501 g/mol. The Bertz CT molecular complexity index is 1260. The number of amidine groups is 1. The van der Waals surface area contributed by atoms with Gasteiger partial charge in [0.2, 0.25) is 0 Å². The van der Waals surface area contributed by atoms with Gasteiger partial charge in [-0.2, -0.15) is 0 Å². The predicted octanol–water partition coefficient (Wildman–Crippen LogP) is 4.79. The fraction of sp³-hybridized carbons (Fsp3) is 0.310. The van der Waals surface area contributed by atoms with Crippen LogP contribution in [-0.2, 0) is 11.2 Å². The number of ether oxygens (including phenoxy) is 2. The zero-order valence-corrected chi connectivity index (χ0v) is 21.7. The molecule has 3 aromatic rings. The Balaban J connectivity index is 1.67. The Morgan fingerprint density at radius 1 is 1.11 bits per heavy atom. The number of fused-ring (bicyclic) bond motifs is 1. The van der Waals surface area contributed by atoms with E-state index in [1.807, 2.05) is 74.3 Å². The van der Waals surface area contributed by atoms with Crippen LogP contribution in [0.15, 0.2) is 66.7 Å². The molecule has 0 aromatic heterocycles. The second-order valence-corrected chi connectivity index (χ2v) is 9.40. The average molecular weight is 502 g/mol. The van der Waals surface area contributed by atoms with Crippen molar-refractivity contribution >= 4 is 23.1 Å². The van der Waals surface area contributed by atoms with Crippen molar-refractivity contribution in [1.82, 2.24) is 5.43 Å². The van der Waals surface area contributed by atoms with E-state index >= 15 is 0 Å². The third kappa shape index (κ3) is 5.97. The van der Waals surface area contributed by atoms with E-state index in [0.29, 0.717) is 23.7 Å². The molecule has 4 rings (SSSR count). The standard InChI is InChI=1S/C29H35N5O3/c1-5-36-26-17-22(12-15-25(26)37-18(2)3)27(32-23-13-10-20(11-14-23)28(30)31)29(35)33-34-19(4)16-21-8-6-7-9-24(21)34/h6-15,17-19,27,32H,5,16H2,1-4H3,(H3,30,31)(H,33,35). The van der Waals surface area contributed by atoms with E-state index in [4.69, 9.17) is 20.6 Å². The molecule has 0 aliphatic carbocycles. The van der Waals surface area contributed by atoms with Gasteiger partial charge in [0.05, 0.1) is 24.4 Å². The van der Waals surface area contributed by atoms with Gasteiger partial charge in [-0.05, 0) is 87.7 Å². The van der Waals surface area contributed by atoms with Crippen LogP contribution in [0.5, 0.6) is 11.5 Å². The number of carbonyl (C=O) groups excluding carboxylic acids is 1. The molecule has 8 nitrogen and oxygen atoms in total. The van der Waals surface area contributed by atoms with Crippen LogP contribution in [0.2, 0.25) is 0 Å². The van der Waals surface area contributed by atoms with Crippen LogP contribution in [0.25, 0.3) is 0 Å². The lowest BCUT2D eigenvalue weighted by Gasteiger charge is -2.29. The number of nitrogens with zero attached hydrogens (tertiary/aromatic N) is 1. The molecule has 1 aliphatic rings. The highest BCUT2D eigenvalue weighted by molar-refractivity contribution is 5.95. The van der Waals surface area contributed by atoms with Crippen molar-refractivity contribution in [3.8, 4) is 11.5 Å². The topological polar surface area (TPSA) is 113 Å². The molecule has 0 radical (unpaired) electrons. The summed E-state index contributed by atoms with van der Waals surface area (Å²) in [4.78, 5) is 13.8. The molecule has 2 unspecified atom stereocenters. The molecule has 0 fully saturated rings. The van der Waals surface area contributed by atoms with Crippen molar-refractivity contribution in [3.05, 3.63) is 83.4 Å². The van der Waals surface area contributed by atoms with Gasteiger partial charge in [-0.15, -0.1) is 0 Å². The first kappa shape index (κ1) is 25.9. The highest BCUT2D eigenvalue weighted by Gasteiger charge is 2.30. The van der Waals surface area contributed by atoms with Crippen LogP contribution in [0.1, 0.15) is 50.4 Å². The predicted molar refractivity (Wildman–Crippen MR) is 147 cm³/mol. The fourth-order valence-corrected chi connectivity index (χ4v) is 4.46. The molecule has 1 heterocycles. The number of hydrazine groups is 1. The number of benzene rings is 3. The molecular formula is C29H35N5O3. The summed E-state index contributed by atoms with van der Waals surface area (Å²) in [7, 11) is 0. The van der Waals surface area contributed by atoms with Gasteiger partial charge in [0.15, 0.2) is 11.5 Å². The molecule has 0 spiro atoms. The van der Waals surface area contributed by atoms with Crippen molar-refractivity contribution in [2.45, 2.75) is 52.3 Å². The maximum absolute atomic E-state index is 13.8. The minimum Gasteiger partial charge on any atom is -0.490 e. The highest BCUT2D eigenvalue weighted by Crippen LogP contribution is 2.34. The van der Waals surface area contributed by atoms with Crippen molar-refractivity contribution in [3.63, 3.8) is 0 Å². The number of carbonyl (C=O) groups is 1. The molecule has 194 valence electrons. The minimum absolute atomic E-state index is 0.00960. The number of nitrogens with one attached hydrogen (secondary N) is 3. The van der Waals surface area contributed by atoms with Gasteiger partial charge in [0.25, 0.3) is 5.91 Å². The fourth-order valence-electron chi connectivity index (χ4n) is 4.46. The summed E-state index contributed by atoms with van der Waals surface area (Å²) in [5.74, 6) is 0.997. The average Bonchev–Trinajstić information content (AvgIpc) is 3.18. The van der Waals surface area contributed by atoms with E-state index in [1.54, 1.807) is 12.1 Å². The Labute approximate surface area is 218 Å². The first-order valence-corrected chi connectivity index (χ1v) is 12.6. The summed E-state index contributed by atoms with van der Waals surface area (Å²) in [5, 5.41) is 12.9. The minimum atomic E-state index is -0.726. The number of nitrogens with two attached hydrogens (primary N) is 1. The van der Waals surface area contributed by atoms with Gasteiger partial charge < -0.3 is 20.5 Å². The summed E-state index contributed by atoms with van der Waals surface area (Å²) >= 11 is 0. The van der Waals surface area contributed by atoms with Crippen molar-refractivity contribution in [2.75, 3.05) is 16.9 Å². The third-order valence-electron chi connectivity index (χ3n) is 6.17. The first-order chi connectivity index (χ1) is 17.8.